The van der Waals surface area contributed by atoms with Gasteiger partial charge in [0.05, 0.1) is 10.6 Å². The summed E-state index contributed by atoms with van der Waals surface area (Å²) in [5, 5.41) is 7.05. The summed E-state index contributed by atoms with van der Waals surface area (Å²) in [7, 11) is -3.19. The van der Waals surface area contributed by atoms with E-state index in [2.05, 4.69) is 25.4 Å². The van der Waals surface area contributed by atoms with Gasteiger partial charge < -0.3 is 15.6 Å². The third-order valence-electron chi connectivity index (χ3n) is 4.66. The van der Waals surface area contributed by atoms with Crippen LogP contribution in [0.5, 0.6) is 0 Å². The summed E-state index contributed by atoms with van der Waals surface area (Å²) >= 11 is 0. The van der Waals surface area contributed by atoms with Gasteiger partial charge >= 0.3 is 0 Å². The molecule has 1 aliphatic rings. The van der Waals surface area contributed by atoms with Gasteiger partial charge in [-0.15, -0.1) is 0 Å². The summed E-state index contributed by atoms with van der Waals surface area (Å²) in [6, 6.07) is 5.13. The average molecular weight is 414 g/mol. The number of hydrogen-bond acceptors (Lipinski definition) is 9. The summed E-state index contributed by atoms with van der Waals surface area (Å²) in [4.78, 5) is 13.3. The van der Waals surface area contributed by atoms with Crippen molar-refractivity contribution in [2.75, 3.05) is 16.8 Å². The van der Waals surface area contributed by atoms with Gasteiger partial charge in [-0.25, -0.2) is 13.4 Å². The number of sulfone groups is 1. The first-order chi connectivity index (χ1) is 13.6. The highest BCUT2D eigenvalue weighted by Crippen LogP contribution is 2.30. The van der Waals surface area contributed by atoms with Crippen molar-refractivity contribution in [3.05, 3.63) is 35.8 Å². The smallest absolute Gasteiger partial charge is 0.263 e. The van der Waals surface area contributed by atoms with Crippen molar-refractivity contribution in [1.82, 2.24) is 20.1 Å². The molecule has 2 aromatic heterocycles. The number of anilines is 3. The Morgan fingerprint density at radius 2 is 2.00 bits per heavy atom. The van der Waals surface area contributed by atoms with Crippen LogP contribution in [-0.4, -0.2) is 34.3 Å². The van der Waals surface area contributed by atoms with Crippen molar-refractivity contribution >= 4 is 27.3 Å². The first-order valence-corrected chi connectivity index (χ1v) is 10.9. The van der Waals surface area contributed by atoms with Crippen LogP contribution in [0.25, 0.3) is 11.5 Å². The largest absolute Gasteiger partial charge is 0.383 e. The number of aryl methyl sites for hydroxylation is 1. The Labute approximate surface area is 168 Å². The zero-order valence-corrected chi connectivity index (χ0v) is 17.2. The Balaban J connectivity index is 1.58. The quantitative estimate of drug-likeness (QED) is 0.662. The van der Waals surface area contributed by atoms with Crippen molar-refractivity contribution < 1.29 is 12.9 Å². The molecule has 10 heteroatoms. The number of fused-ring (bicyclic) bond motifs is 1. The lowest BCUT2D eigenvalue weighted by Gasteiger charge is -2.17. The molecule has 0 spiro atoms. The molecule has 0 saturated heterocycles. The van der Waals surface area contributed by atoms with Gasteiger partial charge in [0.2, 0.25) is 5.95 Å². The molecule has 0 fully saturated rings. The molecule has 1 aromatic carbocycles. The van der Waals surface area contributed by atoms with Crippen molar-refractivity contribution in [2.45, 2.75) is 43.9 Å². The molecule has 0 bridgehead atoms. The number of nitrogens with two attached hydrogens (primary N) is 1. The molecule has 4 rings (SSSR count). The fourth-order valence-electron chi connectivity index (χ4n) is 3.11. The molecule has 3 N–H and O–H groups in total. The monoisotopic (exact) mass is 414 g/mol. The average Bonchev–Trinajstić information content (AvgIpc) is 3.11. The van der Waals surface area contributed by atoms with Crippen LogP contribution in [-0.2, 0) is 21.7 Å². The van der Waals surface area contributed by atoms with Crippen molar-refractivity contribution in [2.24, 2.45) is 0 Å². The fraction of sp³-hybridized carbons (Fsp3) is 0.368. The molecule has 3 aromatic rings. The van der Waals surface area contributed by atoms with Gasteiger partial charge in [-0.2, -0.15) is 9.97 Å². The second-order valence-electron chi connectivity index (χ2n) is 8.04. The molecule has 3 heterocycles. The van der Waals surface area contributed by atoms with Crippen molar-refractivity contribution in [1.29, 1.82) is 0 Å². The maximum atomic E-state index is 12.1. The standard InChI is InChI=1S/C19H22N6O3S/c1-19(2,3)17-24-16(28-25-17)13-10-21-18(23-15(13)20)22-12-6-7-14-11(9-12)5-4-8-29(14,26)27/h6-7,9-10H,4-5,8H2,1-3H3,(H3,20,21,22,23). The van der Waals surface area contributed by atoms with Crippen LogP contribution in [0.2, 0.25) is 0 Å². The topological polar surface area (TPSA) is 137 Å². The van der Waals surface area contributed by atoms with E-state index in [1.165, 1.54) is 6.20 Å². The van der Waals surface area contributed by atoms with E-state index in [-0.39, 0.29) is 22.9 Å². The molecule has 0 amide bonds. The number of rotatable bonds is 3. The van der Waals surface area contributed by atoms with E-state index in [0.717, 1.165) is 12.0 Å². The molecule has 0 atom stereocenters. The fourth-order valence-corrected chi connectivity index (χ4v) is 4.69. The van der Waals surface area contributed by atoms with Crippen LogP contribution < -0.4 is 11.1 Å². The summed E-state index contributed by atoms with van der Waals surface area (Å²) in [5.41, 5.74) is 7.77. The molecule has 9 nitrogen and oxygen atoms in total. The Kier molecular flexibility index (Phi) is 4.53. The normalized spacial score (nSPS) is 15.7. The highest BCUT2D eigenvalue weighted by Gasteiger charge is 2.24. The predicted octanol–water partition coefficient (Wildman–Crippen LogP) is 2.87. The summed E-state index contributed by atoms with van der Waals surface area (Å²) in [5.74, 6) is 1.52. The van der Waals surface area contributed by atoms with E-state index < -0.39 is 9.84 Å². The number of nitrogens with one attached hydrogen (secondary N) is 1. The lowest BCUT2D eigenvalue weighted by Crippen LogP contribution is -2.16. The minimum absolute atomic E-state index is 0.195. The van der Waals surface area contributed by atoms with E-state index >= 15 is 0 Å². The highest BCUT2D eigenvalue weighted by molar-refractivity contribution is 7.91. The van der Waals surface area contributed by atoms with Crippen LogP contribution >= 0.6 is 0 Å². The molecule has 152 valence electrons. The Morgan fingerprint density at radius 3 is 2.69 bits per heavy atom. The van der Waals surface area contributed by atoms with E-state index in [4.69, 9.17) is 10.3 Å². The first kappa shape index (κ1) is 19.3. The van der Waals surface area contributed by atoms with Crippen LogP contribution in [0.1, 0.15) is 38.6 Å². The van der Waals surface area contributed by atoms with Crippen molar-refractivity contribution in [3.63, 3.8) is 0 Å². The molecule has 0 aliphatic carbocycles. The van der Waals surface area contributed by atoms with Gasteiger partial charge in [0.15, 0.2) is 15.7 Å². The lowest BCUT2D eigenvalue weighted by molar-refractivity contribution is 0.402. The summed E-state index contributed by atoms with van der Waals surface area (Å²) in [6.45, 7) is 5.95. The third kappa shape index (κ3) is 3.80. The molecule has 1 aliphatic heterocycles. The van der Waals surface area contributed by atoms with Crippen LogP contribution in [0.4, 0.5) is 17.5 Å². The zero-order chi connectivity index (χ0) is 20.8. The van der Waals surface area contributed by atoms with Gasteiger partial charge in [0.25, 0.3) is 5.89 Å². The van der Waals surface area contributed by atoms with Gasteiger partial charge in [-0.3, -0.25) is 0 Å². The second-order valence-corrected chi connectivity index (χ2v) is 10.1. The van der Waals surface area contributed by atoms with Gasteiger partial charge in [0, 0.05) is 17.3 Å². The van der Waals surface area contributed by atoms with Gasteiger partial charge in [-0.1, -0.05) is 25.9 Å². The van der Waals surface area contributed by atoms with E-state index in [9.17, 15) is 8.42 Å². The third-order valence-corrected chi connectivity index (χ3v) is 6.55. The minimum atomic E-state index is -3.19. The van der Waals surface area contributed by atoms with E-state index in [1.54, 1.807) is 12.1 Å². The lowest BCUT2D eigenvalue weighted by atomic mass is 9.96. The van der Waals surface area contributed by atoms with Crippen LogP contribution in [0.15, 0.2) is 33.8 Å². The number of nitrogen functional groups attached to an aromatic ring is 1. The SMILES string of the molecule is CC(C)(C)c1noc(-c2cnc(Nc3ccc4c(c3)CCCS4(=O)=O)nc2N)n1. The first-order valence-electron chi connectivity index (χ1n) is 9.23. The molecular formula is C19H22N6O3S. The van der Waals surface area contributed by atoms with E-state index in [0.29, 0.717) is 34.3 Å². The van der Waals surface area contributed by atoms with Crippen molar-refractivity contribution in [3.8, 4) is 11.5 Å². The Morgan fingerprint density at radius 1 is 1.21 bits per heavy atom. The number of benzene rings is 1. The Hall–Kier alpha value is -3.01. The maximum Gasteiger partial charge on any atom is 0.263 e. The van der Waals surface area contributed by atoms with E-state index in [1.807, 2.05) is 26.8 Å². The summed E-state index contributed by atoms with van der Waals surface area (Å²) < 4.78 is 29.6. The highest BCUT2D eigenvalue weighted by atomic mass is 32.2. The molecule has 29 heavy (non-hydrogen) atoms. The number of aromatic nitrogens is 4. The van der Waals surface area contributed by atoms with Gasteiger partial charge in [-0.05, 0) is 36.6 Å². The summed E-state index contributed by atoms with van der Waals surface area (Å²) in [6.07, 6.45) is 2.87. The molecule has 0 saturated carbocycles. The predicted molar refractivity (Wildman–Crippen MR) is 109 cm³/mol. The van der Waals surface area contributed by atoms with Gasteiger partial charge in [0.1, 0.15) is 11.4 Å². The number of hydrogen-bond donors (Lipinski definition) is 2. The molecule has 0 radical (unpaired) electrons. The van der Waals surface area contributed by atoms with Crippen LogP contribution in [0.3, 0.4) is 0 Å². The minimum Gasteiger partial charge on any atom is -0.383 e. The second kappa shape index (κ2) is 6.80. The van der Waals surface area contributed by atoms with Crippen LogP contribution in [0, 0.1) is 0 Å². The number of nitrogens with zero attached hydrogens (tertiary/aromatic N) is 4. The molecular weight excluding hydrogens is 392 g/mol. The molecule has 0 unspecified atom stereocenters. The maximum absolute atomic E-state index is 12.1. The zero-order valence-electron chi connectivity index (χ0n) is 16.4. The Bertz CT molecular complexity index is 1180.